The molecule has 0 saturated heterocycles. The summed E-state index contributed by atoms with van der Waals surface area (Å²) in [5.41, 5.74) is 4.06. The minimum Gasteiger partial charge on any atom is -0.271 e. The molecule has 0 aliphatic rings. The average Bonchev–Trinajstić information content (AvgIpc) is 2.53. The van der Waals surface area contributed by atoms with Gasteiger partial charge in [0.1, 0.15) is 9.84 Å². The van der Waals surface area contributed by atoms with Crippen LogP contribution in [0.5, 0.6) is 0 Å². The van der Waals surface area contributed by atoms with E-state index >= 15 is 0 Å². The lowest BCUT2D eigenvalue weighted by Gasteiger charge is -2.15. The molecule has 1 unspecified atom stereocenters. The average molecular weight is 295 g/mol. The number of rotatable bonds is 6. The van der Waals surface area contributed by atoms with E-state index < -0.39 is 9.84 Å². The van der Waals surface area contributed by atoms with Crippen molar-refractivity contribution < 1.29 is 8.42 Å². The fourth-order valence-corrected chi connectivity index (χ4v) is 2.99. The normalized spacial score (nSPS) is 13.8. The molecule has 0 aromatic carbocycles. The van der Waals surface area contributed by atoms with E-state index in [1.807, 2.05) is 13.8 Å². The van der Waals surface area contributed by atoms with Gasteiger partial charge in [0.15, 0.2) is 0 Å². The number of aryl methyl sites for hydroxylation is 2. The number of halogens is 1. The number of hydrogen-bond acceptors (Lipinski definition) is 5. The second kappa shape index (κ2) is 6.01. The van der Waals surface area contributed by atoms with Crippen LogP contribution < -0.4 is 11.3 Å². The van der Waals surface area contributed by atoms with Crippen LogP contribution in [0, 0.1) is 6.92 Å². The van der Waals surface area contributed by atoms with E-state index in [1.165, 1.54) is 6.26 Å². The maximum absolute atomic E-state index is 11.3. The van der Waals surface area contributed by atoms with Crippen molar-refractivity contribution >= 4 is 21.4 Å². The molecule has 0 radical (unpaired) electrons. The van der Waals surface area contributed by atoms with Crippen LogP contribution >= 0.6 is 11.6 Å². The van der Waals surface area contributed by atoms with Gasteiger partial charge in [0.2, 0.25) is 0 Å². The van der Waals surface area contributed by atoms with E-state index in [1.54, 1.807) is 4.68 Å². The molecule has 0 bridgehead atoms. The number of aromatic nitrogens is 2. The van der Waals surface area contributed by atoms with Crippen LogP contribution in [0.3, 0.4) is 0 Å². The molecule has 0 aliphatic heterocycles. The number of hydrazine groups is 1. The summed E-state index contributed by atoms with van der Waals surface area (Å²) in [6.07, 6.45) is 1.61. The van der Waals surface area contributed by atoms with Crippen LogP contribution in [-0.4, -0.2) is 36.2 Å². The molecule has 1 aromatic rings. The van der Waals surface area contributed by atoms with E-state index in [9.17, 15) is 8.42 Å². The molecule has 18 heavy (non-hydrogen) atoms. The first kappa shape index (κ1) is 15.4. The second-order valence-corrected chi connectivity index (χ2v) is 6.88. The van der Waals surface area contributed by atoms with E-state index in [0.717, 1.165) is 11.4 Å². The molecular formula is C10H19ClN4O2S. The van der Waals surface area contributed by atoms with Gasteiger partial charge in [-0.2, -0.15) is 5.10 Å². The summed E-state index contributed by atoms with van der Waals surface area (Å²) in [4.78, 5) is 0. The Labute approximate surface area is 112 Å². The quantitative estimate of drug-likeness (QED) is 0.581. The first-order chi connectivity index (χ1) is 8.28. The first-order valence-corrected chi connectivity index (χ1v) is 8.08. The molecule has 104 valence electrons. The van der Waals surface area contributed by atoms with Crippen LogP contribution in [-0.2, 0) is 22.8 Å². The molecule has 3 N–H and O–H groups in total. The third-order valence-corrected chi connectivity index (χ3v) is 4.13. The summed E-state index contributed by atoms with van der Waals surface area (Å²) < 4.78 is 24.3. The molecule has 0 aliphatic carbocycles. The molecule has 1 atom stereocenters. The zero-order valence-corrected chi connectivity index (χ0v) is 12.3. The maximum Gasteiger partial charge on any atom is 0.149 e. The fourth-order valence-electron chi connectivity index (χ4n) is 1.83. The Bertz CT molecular complexity index is 512. The van der Waals surface area contributed by atoms with Crippen molar-refractivity contribution in [3.05, 3.63) is 16.4 Å². The predicted octanol–water partition coefficient (Wildman–Crippen LogP) is 0.284. The van der Waals surface area contributed by atoms with Gasteiger partial charge in [-0.25, -0.2) is 8.42 Å². The summed E-state index contributed by atoms with van der Waals surface area (Å²) in [5.74, 6) is 5.36. The number of hydrogen-bond donors (Lipinski definition) is 2. The molecule has 0 saturated carbocycles. The van der Waals surface area contributed by atoms with Gasteiger partial charge in [0, 0.05) is 25.3 Å². The Morgan fingerprint density at radius 3 is 2.61 bits per heavy atom. The summed E-state index contributed by atoms with van der Waals surface area (Å²) >= 11 is 6.16. The maximum atomic E-state index is 11.3. The zero-order valence-electron chi connectivity index (χ0n) is 10.8. The van der Waals surface area contributed by atoms with Gasteiger partial charge in [0.05, 0.1) is 22.2 Å². The highest BCUT2D eigenvalue weighted by Gasteiger charge is 2.20. The van der Waals surface area contributed by atoms with Gasteiger partial charge in [-0.1, -0.05) is 11.6 Å². The molecule has 1 rings (SSSR count). The smallest absolute Gasteiger partial charge is 0.149 e. The van der Waals surface area contributed by atoms with Crippen LogP contribution in [0.15, 0.2) is 0 Å². The Morgan fingerprint density at radius 1 is 1.56 bits per heavy atom. The molecule has 8 heteroatoms. The lowest BCUT2D eigenvalue weighted by molar-refractivity contribution is 0.520. The van der Waals surface area contributed by atoms with E-state index in [2.05, 4.69) is 10.5 Å². The minimum absolute atomic E-state index is 0.0340. The van der Waals surface area contributed by atoms with Crippen LogP contribution in [0.1, 0.15) is 18.3 Å². The topological polar surface area (TPSA) is 90.0 Å². The molecule has 6 nitrogen and oxygen atoms in total. The Hall–Kier alpha value is -0.630. The number of nitrogens with two attached hydrogens (primary N) is 1. The minimum atomic E-state index is -3.10. The molecule has 1 aromatic heterocycles. The van der Waals surface area contributed by atoms with Crippen LogP contribution in [0.2, 0.25) is 5.02 Å². The molecular weight excluding hydrogens is 276 g/mol. The van der Waals surface area contributed by atoms with Crippen molar-refractivity contribution in [2.45, 2.75) is 32.9 Å². The third-order valence-electron chi connectivity index (χ3n) is 2.63. The van der Waals surface area contributed by atoms with Crippen molar-refractivity contribution in [1.82, 2.24) is 15.2 Å². The van der Waals surface area contributed by atoms with Gasteiger partial charge in [-0.05, 0) is 13.8 Å². The molecule has 0 spiro atoms. The summed E-state index contributed by atoms with van der Waals surface area (Å²) in [5, 5.41) is 4.85. The highest BCUT2D eigenvalue weighted by atomic mass is 35.5. The van der Waals surface area contributed by atoms with Gasteiger partial charge < -0.3 is 0 Å². The first-order valence-electron chi connectivity index (χ1n) is 5.64. The Morgan fingerprint density at radius 2 is 2.17 bits per heavy atom. The van der Waals surface area contributed by atoms with Crippen molar-refractivity contribution in [2.75, 3.05) is 12.0 Å². The lowest BCUT2D eigenvalue weighted by atomic mass is 10.2. The molecule has 0 fully saturated rings. The third kappa shape index (κ3) is 3.94. The number of nitrogens with zero attached hydrogens (tertiary/aromatic N) is 2. The van der Waals surface area contributed by atoms with Crippen LogP contribution in [0.25, 0.3) is 0 Å². The van der Waals surface area contributed by atoms with E-state index in [-0.39, 0.29) is 11.8 Å². The van der Waals surface area contributed by atoms with Gasteiger partial charge in [0.25, 0.3) is 0 Å². The number of sulfone groups is 1. The second-order valence-electron chi connectivity index (χ2n) is 4.32. The highest BCUT2D eigenvalue weighted by molar-refractivity contribution is 7.90. The summed E-state index contributed by atoms with van der Waals surface area (Å²) in [6.45, 7) is 4.45. The van der Waals surface area contributed by atoms with Crippen LogP contribution in [0.4, 0.5) is 0 Å². The lowest BCUT2D eigenvalue weighted by Crippen LogP contribution is -2.42. The standard InChI is InChI=1S/C10H19ClN4O2S/c1-4-15-9(10(11)7(2)14-15)5-8(13-12)6-18(3,16)17/h8,13H,4-6,12H2,1-3H3. The SMILES string of the molecule is CCn1nc(C)c(Cl)c1CC(CS(C)(=O)=O)NN. The summed E-state index contributed by atoms with van der Waals surface area (Å²) in [7, 11) is -3.10. The van der Waals surface area contributed by atoms with Crippen molar-refractivity contribution in [3.8, 4) is 0 Å². The van der Waals surface area contributed by atoms with Gasteiger partial charge in [-0.15, -0.1) is 0 Å². The van der Waals surface area contributed by atoms with E-state index in [0.29, 0.717) is 18.0 Å². The molecule has 1 heterocycles. The van der Waals surface area contributed by atoms with E-state index in [4.69, 9.17) is 17.4 Å². The largest absolute Gasteiger partial charge is 0.271 e. The van der Waals surface area contributed by atoms with Crippen molar-refractivity contribution in [2.24, 2.45) is 5.84 Å². The number of nitrogens with one attached hydrogen (secondary N) is 1. The highest BCUT2D eigenvalue weighted by Crippen LogP contribution is 2.21. The monoisotopic (exact) mass is 294 g/mol. The Kier molecular flexibility index (Phi) is 5.15. The van der Waals surface area contributed by atoms with Crippen molar-refractivity contribution in [1.29, 1.82) is 0 Å². The van der Waals surface area contributed by atoms with Crippen molar-refractivity contribution in [3.63, 3.8) is 0 Å². The van der Waals surface area contributed by atoms with Gasteiger partial charge in [-0.3, -0.25) is 16.0 Å². The van der Waals surface area contributed by atoms with Gasteiger partial charge >= 0.3 is 0 Å². The molecule has 0 amide bonds. The Balaban J connectivity index is 2.94. The zero-order chi connectivity index (χ0) is 13.9. The predicted molar refractivity (Wildman–Crippen MR) is 72.2 cm³/mol. The fraction of sp³-hybridized carbons (Fsp3) is 0.700. The summed E-state index contributed by atoms with van der Waals surface area (Å²) in [6, 6.07) is -0.376.